The molecule has 0 saturated heterocycles. The number of nitrogens with zero attached hydrogens (tertiary/aromatic N) is 1. The van der Waals surface area contributed by atoms with Crippen molar-refractivity contribution >= 4 is 21.6 Å². The molecule has 2 nitrogen and oxygen atoms in total. The number of benzene rings is 1. The Morgan fingerprint density at radius 3 is 2.65 bits per heavy atom. The van der Waals surface area contributed by atoms with Crippen molar-refractivity contribution in [3.63, 3.8) is 0 Å². The molecule has 1 fully saturated rings. The minimum atomic E-state index is 0.392. The average Bonchev–Trinajstić information content (AvgIpc) is 2.39. The second-order valence-corrected chi connectivity index (χ2v) is 6.73. The van der Waals surface area contributed by atoms with Crippen molar-refractivity contribution < 1.29 is 0 Å². The van der Waals surface area contributed by atoms with E-state index < -0.39 is 0 Å². The number of nitrogens with one attached hydrogen (secondary N) is 1. The Labute approximate surface area is 132 Å². The van der Waals surface area contributed by atoms with Gasteiger partial charge in [0, 0.05) is 29.3 Å². The first kappa shape index (κ1) is 15.8. The molecule has 1 aromatic carbocycles. The summed E-state index contributed by atoms with van der Waals surface area (Å²) in [5, 5.41) is 3.54. The SMILES string of the molecule is CCNC(C)c1cc(Br)ccc1N(CC)CC1CCC1. The van der Waals surface area contributed by atoms with E-state index >= 15 is 0 Å². The highest BCUT2D eigenvalue weighted by Crippen LogP contribution is 2.33. The van der Waals surface area contributed by atoms with Crippen LogP contribution in [0.3, 0.4) is 0 Å². The van der Waals surface area contributed by atoms with Gasteiger partial charge in [-0.2, -0.15) is 0 Å². The molecule has 0 amide bonds. The first-order valence-corrected chi connectivity index (χ1v) is 8.72. The summed E-state index contributed by atoms with van der Waals surface area (Å²) >= 11 is 3.62. The summed E-state index contributed by atoms with van der Waals surface area (Å²) in [5.41, 5.74) is 2.80. The van der Waals surface area contributed by atoms with Crippen LogP contribution in [0.4, 0.5) is 5.69 Å². The molecule has 1 aliphatic carbocycles. The molecule has 0 bridgehead atoms. The summed E-state index contributed by atoms with van der Waals surface area (Å²) in [6.45, 7) is 9.99. The van der Waals surface area contributed by atoms with Crippen molar-refractivity contribution in [1.82, 2.24) is 5.32 Å². The molecule has 2 rings (SSSR count). The Morgan fingerprint density at radius 1 is 1.35 bits per heavy atom. The van der Waals surface area contributed by atoms with Crippen LogP contribution in [0, 0.1) is 5.92 Å². The van der Waals surface area contributed by atoms with Gasteiger partial charge in [-0.05, 0) is 62.9 Å². The summed E-state index contributed by atoms with van der Waals surface area (Å²) < 4.78 is 1.17. The maximum atomic E-state index is 3.62. The van der Waals surface area contributed by atoms with Crippen LogP contribution in [-0.2, 0) is 0 Å². The van der Waals surface area contributed by atoms with Crippen LogP contribution >= 0.6 is 15.9 Å². The zero-order chi connectivity index (χ0) is 14.5. The molecule has 0 spiro atoms. The number of anilines is 1. The highest BCUT2D eigenvalue weighted by molar-refractivity contribution is 9.10. The number of halogens is 1. The molecular formula is C17H27BrN2. The molecule has 0 heterocycles. The van der Waals surface area contributed by atoms with Crippen molar-refractivity contribution in [3.05, 3.63) is 28.2 Å². The third kappa shape index (κ3) is 3.76. The monoisotopic (exact) mass is 338 g/mol. The Morgan fingerprint density at radius 2 is 2.10 bits per heavy atom. The third-order valence-corrected chi connectivity index (χ3v) is 4.89. The zero-order valence-corrected chi connectivity index (χ0v) is 14.5. The van der Waals surface area contributed by atoms with E-state index in [2.05, 4.69) is 65.1 Å². The maximum absolute atomic E-state index is 3.62. The van der Waals surface area contributed by atoms with E-state index in [9.17, 15) is 0 Å². The van der Waals surface area contributed by atoms with Crippen molar-refractivity contribution in [2.75, 3.05) is 24.5 Å². The molecule has 112 valence electrons. The lowest BCUT2D eigenvalue weighted by Crippen LogP contribution is -2.33. The minimum Gasteiger partial charge on any atom is -0.371 e. The first-order valence-electron chi connectivity index (χ1n) is 7.93. The van der Waals surface area contributed by atoms with Crippen LogP contribution in [-0.4, -0.2) is 19.6 Å². The van der Waals surface area contributed by atoms with Gasteiger partial charge in [0.15, 0.2) is 0 Å². The normalized spacial score (nSPS) is 16.8. The molecule has 1 aromatic rings. The van der Waals surface area contributed by atoms with Gasteiger partial charge in [-0.25, -0.2) is 0 Å². The van der Waals surface area contributed by atoms with Crippen LogP contribution < -0.4 is 10.2 Å². The molecule has 1 unspecified atom stereocenters. The molecule has 1 aliphatic rings. The van der Waals surface area contributed by atoms with Gasteiger partial charge in [-0.1, -0.05) is 29.3 Å². The predicted octanol–water partition coefficient (Wildman–Crippen LogP) is 4.75. The molecule has 0 aliphatic heterocycles. The Bertz CT molecular complexity index is 429. The highest BCUT2D eigenvalue weighted by Gasteiger charge is 2.22. The second kappa shape index (κ2) is 7.46. The minimum absolute atomic E-state index is 0.392. The predicted molar refractivity (Wildman–Crippen MR) is 91.5 cm³/mol. The summed E-state index contributed by atoms with van der Waals surface area (Å²) in [5.74, 6) is 0.904. The lowest BCUT2D eigenvalue weighted by atomic mass is 9.85. The largest absolute Gasteiger partial charge is 0.371 e. The van der Waals surface area contributed by atoms with Crippen molar-refractivity contribution in [2.45, 2.75) is 46.1 Å². The average molecular weight is 339 g/mol. The van der Waals surface area contributed by atoms with E-state index in [1.54, 1.807) is 0 Å². The number of hydrogen-bond donors (Lipinski definition) is 1. The van der Waals surface area contributed by atoms with Gasteiger partial charge in [0.1, 0.15) is 0 Å². The van der Waals surface area contributed by atoms with E-state index in [4.69, 9.17) is 0 Å². The van der Waals surface area contributed by atoms with Crippen molar-refractivity contribution in [2.24, 2.45) is 5.92 Å². The summed E-state index contributed by atoms with van der Waals surface area (Å²) in [7, 11) is 0. The van der Waals surface area contributed by atoms with E-state index in [0.717, 1.165) is 19.0 Å². The first-order chi connectivity index (χ1) is 9.65. The molecule has 1 saturated carbocycles. The third-order valence-electron chi connectivity index (χ3n) is 4.39. The van der Waals surface area contributed by atoms with Crippen molar-refractivity contribution in [3.8, 4) is 0 Å². The van der Waals surface area contributed by atoms with E-state index in [0.29, 0.717) is 6.04 Å². The highest BCUT2D eigenvalue weighted by atomic mass is 79.9. The van der Waals surface area contributed by atoms with Gasteiger partial charge in [0.05, 0.1) is 0 Å². The molecule has 3 heteroatoms. The van der Waals surface area contributed by atoms with Gasteiger partial charge >= 0.3 is 0 Å². The summed E-state index contributed by atoms with van der Waals surface area (Å²) in [6.07, 6.45) is 4.24. The molecule has 0 radical (unpaired) electrons. The number of hydrogen-bond acceptors (Lipinski definition) is 2. The lowest BCUT2D eigenvalue weighted by Gasteiger charge is -2.35. The Balaban J connectivity index is 2.22. The van der Waals surface area contributed by atoms with E-state index in [1.165, 1.54) is 41.5 Å². The van der Waals surface area contributed by atoms with Gasteiger partial charge < -0.3 is 10.2 Å². The summed E-state index contributed by atoms with van der Waals surface area (Å²) in [4.78, 5) is 2.55. The van der Waals surface area contributed by atoms with Crippen LogP contribution in [0.25, 0.3) is 0 Å². The van der Waals surface area contributed by atoms with E-state index in [1.807, 2.05) is 0 Å². The van der Waals surface area contributed by atoms with Gasteiger partial charge in [0.25, 0.3) is 0 Å². The zero-order valence-electron chi connectivity index (χ0n) is 13.0. The molecule has 0 aromatic heterocycles. The molecule has 1 N–H and O–H groups in total. The smallest absolute Gasteiger partial charge is 0.0415 e. The van der Waals surface area contributed by atoms with Crippen molar-refractivity contribution in [1.29, 1.82) is 0 Å². The van der Waals surface area contributed by atoms with Crippen LogP contribution in [0.2, 0.25) is 0 Å². The Kier molecular flexibility index (Phi) is 5.91. The van der Waals surface area contributed by atoms with Crippen LogP contribution in [0.1, 0.15) is 51.6 Å². The maximum Gasteiger partial charge on any atom is 0.0415 e. The molecular weight excluding hydrogens is 312 g/mol. The topological polar surface area (TPSA) is 15.3 Å². The fourth-order valence-electron chi connectivity index (χ4n) is 2.96. The van der Waals surface area contributed by atoms with Crippen LogP contribution in [0.5, 0.6) is 0 Å². The van der Waals surface area contributed by atoms with Gasteiger partial charge in [0.2, 0.25) is 0 Å². The second-order valence-electron chi connectivity index (χ2n) is 5.82. The quantitative estimate of drug-likeness (QED) is 0.771. The standard InChI is InChI=1S/C17H27BrN2/c1-4-19-13(3)16-11-15(18)9-10-17(16)20(5-2)12-14-7-6-8-14/h9-11,13-14,19H,4-8,12H2,1-3H3. The molecule has 1 atom stereocenters. The lowest BCUT2D eigenvalue weighted by molar-refractivity contribution is 0.318. The Hall–Kier alpha value is -0.540. The number of rotatable bonds is 7. The van der Waals surface area contributed by atoms with Gasteiger partial charge in [-0.3, -0.25) is 0 Å². The fraction of sp³-hybridized carbons (Fsp3) is 0.647. The van der Waals surface area contributed by atoms with E-state index in [-0.39, 0.29) is 0 Å². The van der Waals surface area contributed by atoms with Crippen LogP contribution in [0.15, 0.2) is 22.7 Å². The van der Waals surface area contributed by atoms with Gasteiger partial charge in [-0.15, -0.1) is 0 Å². The summed E-state index contributed by atoms with van der Waals surface area (Å²) in [6, 6.07) is 7.10. The molecule has 20 heavy (non-hydrogen) atoms. The fourth-order valence-corrected chi connectivity index (χ4v) is 3.34.